The van der Waals surface area contributed by atoms with Crippen LogP contribution in [0.15, 0.2) is 46.9 Å². The number of alkyl halides is 3. The van der Waals surface area contributed by atoms with E-state index in [4.69, 9.17) is 15.5 Å². The van der Waals surface area contributed by atoms with Gasteiger partial charge in [0.25, 0.3) is 0 Å². The Labute approximate surface area is 186 Å². The molecule has 2 N–H and O–H groups in total. The van der Waals surface area contributed by atoms with Gasteiger partial charge in [0.15, 0.2) is 5.82 Å². The number of hydrogen-bond acceptors (Lipinski definition) is 5. The molecule has 0 saturated carbocycles. The Morgan fingerprint density at radius 1 is 1.23 bits per heavy atom. The fourth-order valence-electron chi connectivity index (χ4n) is 3.72. The standard InChI is InChI=1S/C22H22BrF3N4O/c1-13-21(2,27)31-9-8-30(13)12-19-17-7-6-15(22(24,25)26)11-18(17)28-20(29-19)14-4-3-5-16(23)10-14/h3-7,10-11,13H,8-9,12,27H2,1-2H3. The van der Waals surface area contributed by atoms with Crippen LogP contribution in [-0.2, 0) is 17.5 Å². The van der Waals surface area contributed by atoms with Crippen LogP contribution in [0.1, 0.15) is 25.1 Å². The van der Waals surface area contributed by atoms with Crippen molar-refractivity contribution in [2.45, 2.75) is 38.3 Å². The Kier molecular flexibility index (Phi) is 5.80. The van der Waals surface area contributed by atoms with Crippen LogP contribution in [0.3, 0.4) is 0 Å². The molecular weight excluding hydrogens is 473 g/mol. The third kappa shape index (κ3) is 4.59. The summed E-state index contributed by atoms with van der Waals surface area (Å²) >= 11 is 3.43. The van der Waals surface area contributed by atoms with E-state index in [1.165, 1.54) is 6.07 Å². The van der Waals surface area contributed by atoms with E-state index in [9.17, 15) is 13.2 Å². The van der Waals surface area contributed by atoms with Crippen LogP contribution in [0.4, 0.5) is 13.2 Å². The van der Waals surface area contributed by atoms with Crippen molar-refractivity contribution >= 4 is 26.8 Å². The lowest BCUT2D eigenvalue weighted by Crippen LogP contribution is -2.61. The molecule has 164 valence electrons. The summed E-state index contributed by atoms with van der Waals surface area (Å²) in [4.78, 5) is 11.3. The lowest BCUT2D eigenvalue weighted by molar-refractivity contribution is -0.137. The molecule has 31 heavy (non-hydrogen) atoms. The number of morpholine rings is 1. The number of fused-ring (bicyclic) bond motifs is 1. The number of benzene rings is 2. The molecule has 2 unspecified atom stereocenters. The first-order valence-electron chi connectivity index (χ1n) is 9.85. The lowest BCUT2D eigenvalue weighted by Gasteiger charge is -2.44. The fourth-order valence-corrected chi connectivity index (χ4v) is 4.12. The molecule has 0 aliphatic carbocycles. The Hall–Kier alpha value is -2.07. The second kappa shape index (κ2) is 8.12. The van der Waals surface area contributed by atoms with Gasteiger partial charge in [-0.2, -0.15) is 13.2 Å². The van der Waals surface area contributed by atoms with Crippen molar-refractivity contribution in [3.05, 3.63) is 58.2 Å². The van der Waals surface area contributed by atoms with E-state index >= 15 is 0 Å². The van der Waals surface area contributed by atoms with Crippen molar-refractivity contribution in [3.8, 4) is 11.4 Å². The monoisotopic (exact) mass is 494 g/mol. The molecule has 1 aliphatic heterocycles. The zero-order chi connectivity index (χ0) is 22.4. The predicted molar refractivity (Wildman–Crippen MR) is 116 cm³/mol. The molecule has 0 amide bonds. The van der Waals surface area contributed by atoms with Crippen molar-refractivity contribution in [2.24, 2.45) is 5.73 Å². The third-order valence-electron chi connectivity index (χ3n) is 5.71. The normalized spacial score (nSPS) is 22.7. The Morgan fingerprint density at radius 3 is 2.71 bits per heavy atom. The summed E-state index contributed by atoms with van der Waals surface area (Å²) in [7, 11) is 0. The summed E-state index contributed by atoms with van der Waals surface area (Å²) in [5.74, 6) is 0.375. The fraction of sp³-hybridized carbons (Fsp3) is 0.364. The van der Waals surface area contributed by atoms with Crippen molar-refractivity contribution < 1.29 is 17.9 Å². The van der Waals surface area contributed by atoms with Gasteiger partial charge < -0.3 is 10.5 Å². The maximum Gasteiger partial charge on any atom is 0.416 e. The first kappa shape index (κ1) is 22.1. The Balaban J connectivity index is 1.84. The van der Waals surface area contributed by atoms with Gasteiger partial charge in [-0.3, -0.25) is 4.90 Å². The van der Waals surface area contributed by atoms with Crippen molar-refractivity contribution in [1.29, 1.82) is 0 Å². The summed E-state index contributed by atoms with van der Waals surface area (Å²) in [6, 6.07) is 10.9. The number of halogens is 4. The lowest BCUT2D eigenvalue weighted by atomic mass is 10.0. The van der Waals surface area contributed by atoms with Crippen molar-refractivity contribution in [2.75, 3.05) is 13.2 Å². The van der Waals surface area contributed by atoms with E-state index < -0.39 is 17.5 Å². The third-order valence-corrected chi connectivity index (χ3v) is 6.20. The molecule has 0 radical (unpaired) electrons. The van der Waals surface area contributed by atoms with Gasteiger partial charge in [0.05, 0.1) is 23.4 Å². The van der Waals surface area contributed by atoms with Gasteiger partial charge in [-0.05, 0) is 38.1 Å². The van der Waals surface area contributed by atoms with Gasteiger partial charge in [0, 0.05) is 34.6 Å². The van der Waals surface area contributed by atoms with Gasteiger partial charge in [0.1, 0.15) is 5.72 Å². The summed E-state index contributed by atoms with van der Waals surface area (Å²) in [6.45, 7) is 5.33. The molecule has 0 spiro atoms. The molecule has 9 heteroatoms. The number of aromatic nitrogens is 2. The minimum Gasteiger partial charge on any atom is -0.358 e. The van der Waals surface area contributed by atoms with Gasteiger partial charge >= 0.3 is 6.18 Å². The van der Waals surface area contributed by atoms with Crippen LogP contribution in [0.25, 0.3) is 22.3 Å². The average molecular weight is 495 g/mol. The van der Waals surface area contributed by atoms with Crippen LogP contribution in [0.2, 0.25) is 0 Å². The van der Waals surface area contributed by atoms with Crippen molar-refractivity contribution in [3.63, 3.8) is 0 Å². The first-order chi connectivity index (χ1) is 14.5. The maximum absolute atomic E-state index is 13.3. The minimum atomic E-state index is -4.45. The number of nitrogens with two attached hydrogens (primary N) is 1. The molecule has 2 heterocycles. The van der Waals surface area contributed by atoms with E-state index in [-0.39, 0.29) is 11.6 Å². The van der Waals surface area contributed by atoms with Crippen molar-refractivity contribution in [1.82, 2.24) is 14.9 Å². The van der Waals surface area contributed by atoms with Crippen LogP contribution in [0, 0.1) is 0 Å². The van der Waals surface area contributed by atoms with E-state index in [0.717, 1.165) is 16.6 Å². The summed E-state index contributed by atoms with van der Waals surface area (Å²) in [5, 5.41) is 0.587. The van der Waals surface area contributed by atoms with E-state index in [1.54, 1.807) is 0 Å². The molecule has 5 nitrogen and oxygen atoms in total. The summed E-state index contributed by atoms with van der Waals surface area (Å²) in [5.41, 5.74) is 6.32. The number of hydrogen-bond donors (Lipinski definition) is 1. The van der Waals surface area contributed by atoms with Gasteiger partial charge in [0.2, 0.25) is 0 Å². The quantitative estimate of drug-likeness (QED) is 0.556. The zero-order valence-electron chi connectivity index (χ0n) is 17.1. The molecule has 3 aromatic rings. The highest BCUT2D eigenvalue weighted by atomic mass is 79.9. The Morgan fingerprint density at radius 2 is 2.00 bits per heavy atom. The topological polar surface area (TPSA) is 64.3 Å². The highest BCUT2D eigenvalue weighted by Crippen LogP contribution is 2.33. The second-order valence-electron chi connectivity index (χ2n) is 7.91. The SMILES string of the molecule is CC1N(Cc2nc(-c3cccc(Br)c3)nc3cc(C(F)(F)F)ccc23)CCOC1(C)N. The van der Waals surface area contributed by atoms with E-state index in [2.05, 4.69) is 25.8 Å². The zero-order valence-corrected chi connectivity index (χ0v) is 18.7. The van der Waals surface area contributed by atoms with Crippen LogP contribution in [0.5, 0.6) is 0 Å². The molecule has 2 atom stereocenters. The molecule has 1 saturated heterocycles. The molecule has 1 aromatic heterocycles. The van der Waals surface area contributed by atoms with E-state index in [1.807, 2.05) is 38.1 Å². The molecule has 4 rings (SSSR count). The van der Waals surface area contributed by atoms with Gasteiger partial charge in [-0.25, -0.2) is 9.97 Å². The average Bonchev–Trinajstić information content (AvgIpc) is 2.70. The van der Waals surface area contributed by atoms with Crippen LogP contribution >= 0.6 is 15.9 Å². The first-order valence-corrected chi connectivity index (χ1v) is 10.6. The molecule has 2 aromatic carbocycles. The molecule has 1 fully saturated rings. The number of rotatable bonds is 3. The molecule has 0 bridgehead atoms. The minimum absolute atomic E-state index is 0.102. The number of ether oxygens (including phenoxy) is 1. The predicted octanol–water partition coefficient (Wildman–Crippen LogP) is 4.97. The number of nitrogens with zero attached hydrogens (tertiary/aromatic N) is 3. The van der Waals surface area contributed by atoms with Gasteiger partial charge in [-0.15, -0.1) is 0 Å². The highest BCUT2D eigenvalue weighted by molar-refractivity contribution is 9.10. The molecular formula is C22H22BrF3N4O. The largest absolute Gasteiger partial charge is 0.416 e. The highest BCUT2D eigenvalue weighted by Gasteiger charge is 2.36. The van der Waals surface area contributed by atoms with Crippen LogP contribution < -0.4 is 5.73 Å². The van der Waals surface area contributed by atoms with Crippen LogP contribution in [-0.4, -0.2) is 39.8 Å². The molecule has 1 aliphatic rings. The second-order valence-corrected chi connectivity index (χ2v) is 8.83. The summed E-state index contributed by atoms with van der Waals surface area (Å²) in [6.07, 6.45) is -4.45. The Bertz CT molecular complexity index is 1120. The maximum atomic E-state index is 13.3. The summed E-state index contributed by atoms with van der Waals surface area (Å²) < 4.78 is 46.4. The van der Waals surface area contributed by atoms with E-state index in [0.29, 0.717) is 42.2 Å². The van der Waals surface area contributed by atoms with Gasteiger partial charge in [-0.1, -0.05) is 34.1 Å². The smallest absolute Gasteiger partial charge is 0.358 e.